The van der Waals surface area contributed by atoms with E-state index in [2.05, 4.69) is 6.58 Å². The molecule has 1 unspecified atom stereocenters. The van der Waals surface area contributed by atoms with Crippen molar-refractivity contribution in [2.45, 2.75) is 38.4 Å². The molecule has 0 aromatic rings. The Kier molecular flexibility index (Phi) is 5.74. The third-order valence-corrected chi connectivity index (χ3v) is 4.15. The zero-order chi connectivity index (χ0) is 17.0. The van der Waals surface area contributed by atoms with Gasteiger partial charge in [-0.3, -0.25) is 4.79 Å². The molecule has 0 spiro atoms. The second-order valence-electron chi connectivity index (χ2n) is 5.82. The molecule has 1 saturated heterocycles. The number of aliphatic hydroxyl groups is 2. The van der Waals surface area contributed by atoms with Crippen LogP contribution in [0.15, 0.2) is 35.5 Å². The van der Waals surface area contributed by atoms with E-state index in [9.17, 15) is 19.8 Å². The maximum atomic E-state index is 11.9. The van der Waals surface area contributed by atoms with E-state index in [0.29, 0.717) is 19.3 Å². The van der Waals surface area contributed by atoms with Crippen molar-refractivity contribution in [3.05, 3.63) is 35.5 Å². The van der Waals surface area contributed by atoms with E-state index in [0.717, 1.165) is 11.1 Å². The fraction of sp³-hybridized carbons (Fsp3) is 0.529. The summed E-state index contributed by atoms with van der Waals surface area (Å²) in [5.41, 5.74) is 1.70. The third-order valence-electron chi connectivity index (χ3n) is 4.15. The number of aliphatic hydroxyl groups excluding tert-OH is 2. The van der Waals surface area contributed by atoms with Crippen LogP contribution in [0.1, 0.15) is 26.2 Å². The normalized spacial score (nSPS) is 32.9. The van der Waals surface area contributed by atoms with Gasteiger partial charge in [-0.15, -0.1) is 0 Å². The van der Waals surface area contributed by atoms with Crippen LogP contribution in [0.4, 0.5) is 0 Å². The van der Waals surface area contributed by atoms with Crippen molar-refractivity contribution in [1.29, 1.82) is 0 Å². The van der Waals surface area contributed by atoms with Crippen molar-refractivity contribution in [3.8, 4) is 0 Å². The van der Waals surface area contributed by atoms with Crippen LogP contribution < -0.4 is 0 Å². The molecular formula is C17H22O6. The van der Waals surface area contributed by atoms with E-state index in [1.54, 1.807) is 6.08 Å². The highest BCUT2D eigenvalue weighted by Crippen LogP contribution is 2.36. The van der Waals surface area contributed by atoms with E-state index in [1.807, 2.05) is 6.08 Å². The molecule has 126 valence electrons. The molecule has 1 aliphatic carbocycles. The Morgan fingerprint density at radius 1 is 1.39 bits per heavy atom. The van der Waals surface area contributed by atoms with Gasteiger partial charge >= 0.3 is 11.9 Å². The molecule has 6 heteroatoms. The summed E-state index contributed by atoms with van der Waals surface area (Å²) >= 11 is 0. The minimum atomic E-state index is -0.649. The Labute approximate surface area is 135 Å². The highest BCUT2D eigenvalue weighted by atomic mass is 16.6. The molecule has 23 heavy (non-hydrogen) atoms. The molecule has 1 heterocycles. The minimum absolute atomic E-state index is 0.145. The van der Waals surface area contributed by atoms with E-state index < -0.39 is 30.1 Å². The Morgan fingerprint density at radius 2 is 2.09 bits per heavy atom. The lowest BCUT2D eigenvalue weighted by atomic mass is 9.85. The minimum Gasteiger partial charge on any atom is -0.461 e. The average molecular weight is 322 g/mol. The fourth-order valence-electron chi connectivity index (χ4n) is 3.02. The average Bonchev–Trinajstić information content (AvgIpc) is 2.78. The first kappa shape index (κ1) is 17.4. The van der Waals surface area contributed by atoms with E-state index in [-0.39, 0.29) is 18.8 Å². The number of carbonyl (C=O) groups is 2. The van der Waals surface area contributed by atoms with Crippen LogP contribution in [0.3, 0.4) is 0 Å². The summed E-state index contributed by atoms with van der Waals surface area (Å²) in [7, 11) is 0. The topological polar surface area (TPSA) is 93.1 Å². The summed E-state index contributed by atoms with van der Waals surface area (Å²) in [6, 6.07) is 0. The molecule has 0 amide bonds. The van der Waals surface area contributed by atoms with Gasteiger partial charge < -0.3 is 19.7 Å². The van der Waals surface area contributed by atoms with Crippen LogP contribution >= 0.6 is 0 Å². The zero-order valence-electron chi connectivity index (χ0n) is 13.2. The molecule has 0 bridgehead atoms. The van der Waals surface area contributed by atoms with Crippen molar-refractivity contribution in [2.75, 3.05) is 13.2 Å². The maximum absolute atomic E-state index is 11.9. The van der Waals surface area contributed by atoms with Gasteiger partial charge in [0.15, 0.2) is 0 Å². The van der Waals surface area contributed by atoms with Gasteiger partial charge in [-0.05, 0) is 30.1 Å². The maximum Gasteiger partial charge on any atom is 0.334 e. The Bertz CT molecular complexity index is 559. The predicted octanol–water partition coefficient (Wildman–Crippen LogP) is 1.04. The molecule has 1 aliphatic heterocycles. The van der Waals surface area contributed by atoms with E-state index in [4.69, 9.17) is 9.47 Å². The molecule has 1 fully saturated rings. The second kappa shape index (κ2) is 7.57. The van der Waals surface area contributed by atoms with Gasteiger partial charge in [0.25, 0.3) is 0 Å². The fourth-order valence-corrected chi connectivity index (χ4v) is 3.02. The number of ether oxygens (including phenoxy) is 2. The number of allylic oxidation sites excluding steroid dienone is 1. The van der Waals surface area contributed by atoms with Crippen molar-refractivity contribution < 1.29 is 29.3 Å². The van der Waals surface area contributed by atoms with Crippen LogP contribution in [0, 0.1) is 5.92 Å². The molecule has 0 saturated carbocycles. The van der Waals surface area contributed by atoms with Crippen molar-refractivity contribution in [1.82, 2.24) is 0 Å². The molecule has 3 atom stereocenters. The van der Waals surface area contributed by atoms with Crippen LogP contribution in [0.2, 0.25) is 0 Å². The monoisotopic (exact) mass is 322 g/mol. The standard InChI is InChI=1S/C17H22O6/c1-10-16-14(22-11(2)20)6-12(8-18)4-3-5-13(9-19)7-15(16)23-17(10)21/h4,7,14-16,18-19H,1,3,5-6,8-9H2,2H3/b12-4+,13-7+/t14?,15-,16-/m1/s1. The summed E-state index contributed by atoms with van der Waals surface area (Å²) < 4.78 is 10.7. The summed E-state index contributed by atoms with van der Waals surface area (Å²) in [4.78, 5) is 23.3. The lowest BCUT2D eigenvalue weighted by molar-refractivity contribution is -0.149. The van der Waals surface area contributed by atoms with Gasteiger partial charge in [-0.2, -0.15) is 0 Å². The van der Waals surface area contributed by atoms with Gasteiger partial charge in [0.1, 0.15) is 12.2 Å². The quantitative estimate of drug-likeness (QED) is 0.458. The van der Waals surface area contributed by atoms with Crippen LogP contribution in [-0.4, -0.2) is 47.6 Å². The Balaban J connectivity index is 2.42. The number of esters is 2. The lowest BCUT2D eigenvalue weighted by Gasteiger charge is -2.27. The first-order chi connectivity index (χ1) is 11.0. The highest BCUT2D eigenvalue weighted by molar-refractivity contribution is 5.91. The largest absolute Gasteiger partial charge is 0.461 e. The molecule has 2 N–H and O–H groups in total. The lowest BCUT2D eigenvalue weighted by Crippen LogP contribution is -2.33. The first-order valence-corrected chi connectivity index (χ1v) is 7.62. The molecule has 0 aromatic heterocycles. The smallest absolute Gasteiger partial charge is 0.334 e. The van der Waals surface area contributed by atoms with Gasteiger partial charge in [0, 0.05) is 18.9 Å². The molecule has 2 aliphatic rings. The van der Waals surface area contributed by atoms with E-state index >= 15 is 0 Å². The molecule has 6 nitrogen and oxygen atoms in total. The SMILES string of the molecule is C=C1C(=O)O[C@@H]2/C=C(/CO)CC/C=C(/CO)CC(OC(C)=O)[C@@H]12. The van der Waals surface area contributed by atoms with Crippen LogP contribution in [0.5, 0.6) is 0 Å². The van der Waals surface area contributed by atoms with Gasteiger partial charge in [-0.25, -0.2) is 4.79 Å². The molecule has 0 aromatic carbocycles. The number of hydrogen-bond acceptors (Lipinski definition) is 6. The van der Waals surface area contributed by atoms with Crippen LogP contribution in [-0.2, 0) is 19.1 Å². The predicted molar refractivity (Wildman–Crippen MR) is 82.3 cm³/mol. The summed E-state index contributed by atoms with van der Waals surface area (Å²) in [6.07, 6.45) is 3.88. The van der Waals surface area contributed by atoms with Crippen molar-refractivity contribution in [3.63, 3.8) is 0 Å². The van der Waals surface area contributed by atoms with Gasteiger partial charge in [0.2, 0.25) is 0 Å². The number of hydrogen-bond donors (Lipinski definition) is 2. The number of rotatable bonds is 3. The Morgan fingerprint density at radius 3 is 2.70 bits per heavy atom. The highest BCUT2D eigenvalue weighted by Gasteiger charge is 2.44. The van der Waals surface area contributed by atoms with Gasteiger partial charge in [-0.1, -0.05) is 12.7 Å². The summed E-state index contributed by atoms with van der Waals surface area (Å²) in [5.74, 6) is -1.53. The summed E-state index contributed by atoms with van der Waals surface area (Å²) in [6.45, 7) is 4.76. The van der Waals surface area contributed by atoms with Crippen molar-refractivity contribution in [2.24, 2.45) is 5.92 Å². The second-order valence-corrected chi connectivity index (χ2v) is 5.82. The summed E-state index contributed by atoms with van der Waals surface area (Å²) in [5, 5.41) is 19.0. The number of fused-ring (bicyclic) bond motifs is 1. The molecule has 0 radical (unpaired) electrons. The first-order valence-electron chi connectivity index (χ1n) is 7.62. The zero-order valence-corrected chi connectivity index (χ0v) is 13.2. The molecule has 2 rings (SSSR count). The third kappa shape index (κ3) is 4.09. The molecular weight excluding hydrogens is 300 g/mol. The Hall–Kier alpha value is -1.92. The van der Waals surface area contributed by atoms with E-state index in [1.165, 1.54) is 6.92 Å². The van der Waals surface area contributed by atoms with Crippen molar-refractivity contribution >= 4 is 11.9 Å². The number of carbonyl (C=O) groups excluding carboxylic acids is 2. The van der Waals surface area contributed by atoms with Crippen LogP contribution in [0.25, 0.3) is 0 Å². The van der Waals surface area contributed by atoms with Gasteiger partial charge in [0.05, 0.1) is 19.1 Å².